The van der Waals surface area contributed by atoms with Crippen molar-refractivity contribution in [2.45, 2.75) is 26.3 Å². The molecule has 18 heavy (non-hydrogen) atoms. The molecule has 1 amide bonds. The molecule has 2 N–H and O–H groups in total. The van der Waals surface area contributed by atoms with E-state index in [0.29, 0.717) is 6.54 Å². The van der Waals surface area contributed by atoms with Crippen LogP contribution >= 0.6 is 27.3 Å². The van der Waals surface area contributed by atoms with Gasteiger partial charge in [-0.1, -0.05) is 6.92 Å². The first-order valence-electron chi connectivity index (χ1n) is 5.61. The first-order chi connectivity index (χ1) is 8.69. The van der Waals surface area contributed by atoms with Crippen molar-refractivity contribution in [2.75, 3.05) is 0 Å². The Labute approximate surface area is 117 Å². The lowest BCUT2D eigenvalue weighted by atomic mass is 10.3. The molecule has 0 aliphatic carbocycles. The maximum absolute atomic E-state index is 11.8. The van der Waals surface area contributed by atoms with E-state index in [4.69, 9.17) is 0 Å². The smallest absolute Gasteiger partial charge is 0.291 e. The van der Waals surface area contributed by atoms with Crippen LogP contribution in [0, 0.1) is 0 Å². The highest BCUT2D eigenvalue weighted by molar-refractivity contribution is 9.10. The summed E-state index contributed by atoms with van der Waals surface area (Å²) >= 11 is 4.96. The van der Waals surface area contributed by atoms with Gasteiger partial charge < -0.3 is 5.32 Å². The summed E-state index contributed by atoms with van der Waals surface area (Å²) in [6.07, 6.45) is 1.78. The van der Waals surface area contributed by atoms with Crippen LogP contribution in [0.2, 0.25) is 0 Å². The zero-order chi connectivity index (χ0) is 13.0. The third kappa shape index (κ3) is 3.39. The van der Waals surface area contributed by atoms with E-state index < -0.39 is 0 Å². The van der Waals surface area contributed by atoms with Crippen molar-refractivity contribution in [1.29, 1.82) is 0 Å². The molecule has 0 spiro atoms. The van der Waals surface area contributed by atoms with Crippen molar-refractivity contribution in [2.24, 2.45) is 0 Å². The highest BCUT2D eigenvalue weighted by atomic mass is 79.9. The van der Waals surface area contributed by atoms with Crippen LogP contribution in [0.5, 0.6) is 0 Å². The lowest BCUT2D eigenvalue weighted by Gasteiger charge is -1.98. The van der Waals surface area contributed by atoms with Crippen LogP contribution in [0.15, 0.2) is 15.9 Å². The molecule has 0 aliphatic rings. The molecule has 5 nitrogen and oxygen atoms in total. The lowest BCUT2D eigenvalue weighted by molar-refractivity contribution is 0.0941. The summed E-state index contributed by atoms with van der Waals surface area (Å²) in [7, 11) is 0. The summed E-state index contributed by atoms with van der Waals surface area (Å²) in [5.41, 5.74) is 0. The molecule has 0 unspecified atom stereocenters. The number of hydrogen-bond donors (Lipinski definition) is 2. The minimum absolute atomic E-state index is 0.203. The maximum Gasteiger partial charge on any atom is 0.291 e. The van der Waals surface area contributed by atoms with Crippen molar-refractivity contribution in [3.63, 3.8) is 0 Å². The van der Waals surface area contributed by atoms with E-state index in [-0.39, 0.29) is 11.7 Å². The van der Waals surface area contributed by atoms with Crippen molar-refractivity contribution < 1.29 is 4.79 Å². The molecule has 2 rings (SSSR count). The topological polar surface area (TPSA) is 70.7 Å². The van der Waals surface area contributed by atoms with E-state index in [0.717, 1.165) is 28.0 Å². The Kier molecular flexibility index (Phi) is 4.48. The van der Waals surface area contributed by atoms with Gasteiger partial charge in [0.1, 0.15) is 5.82 Å². The zero-order valence-electron chi connectivity index (χ0n) is 9.86. The van der Waals surface area contributed by atoms with Gasteiger partial charge in [0.25, 0.3) is 5.91 Å². The van der Waals surface area contributed by atoms with Gasteiger partial charge in [-0.3, -0.25) is 9.89 Å². The van der Waals surface area contributed by atoms with Crippen LogP contribution < -0.4 is 5.32 Å². The number of aromatic amines is 1. The number of aryl methyl sites for hydroxylation is 1. The number of thiophene rings is 1. The van der Waals surface area contributed by atoms with E-state index in [2.05, 4.69) is 43.4 Å². The summed E-state index contributed by atoms with van der Waals surface area (Å²) in [5, 5.41) is 11.4. The van der Waals surface area contributed by atoms with Gasteiger partial charge in [-0.25, -0.2) is 4.98 Å². The van der Waals surface area contributed by atoms with Crippen LogP contribution in [-0.4, -0.2) is 21.1 Å². The van der Waals surface area contributed by atoms with Crippen molar-refractivity contribution in [3.8, 4) is 0 Å². The number of carbonyl (C=O) groups excluding carboxylic acids is 1. The van der Waals surface area contributed by atoms with Crippen LogP contribution in [0.4, 0.5) is 0 Å². The number of rotatable bonds is 5. The number of halogens is 1. The standard InChI is InChI=1S/C11H13BrN4OS/c1-2-3-9-14-10(16-15-9)11(17)13-5-8-4-7(12)6-18-8/h4,6H,2-3,5H2,1H3,(H,13,17)(H,14,15,16). The highest BCUT2D eigenvalue weighted by Crippen LogP contribution is 2.19. The molecule has 0 atom stereocenters. The second-order valence-corrected chi connectivity index (χ2v) is 5.68. The number of H-pyrrole nitrogens is 1. The quantitative estimate of drug-likeness (QED) is 0.885. The maximum atomic E-state index is 11.8. The predicted molar refractivity (Wildman–Crippen MR) is 73.6 cm³/mol. The molecule has 0 radical (unpaired) electrons. The van der Waals surface area contributed by atoms with Gasteiger partial charge in [-0.2, -0.15) is 0 Å². The molecule has 0 aliphatic heterocycles. The molecule has 0 bridgehead atoms. The molecule has 0 fully saturated rings. The summed E-state index contributed by atoms with van der Waals surface area (Å²) in [5.74, 6) is 0.703. The molecular weight excluding hydrogens is 316 g/mol. The second kappa shape index (κ2) is 6.10. The third-order valence-corrected chi connectivity index (χ3v) is 3.96. The fourth-order valence-electron chi connectivity index (χ4n) is 1.44. The summed E-state index contributed by atoms with van der Waals surface area (Å²) < 4.78 is 1.03. The highest BCUT2D eigenvalue weighted by Gasteiger charge is 2.11. The number of amides is 1. The monoisotopic (exact) mass is 328 g/mol. The largest absolute Gasteiger partial charge is 0.344 e. The van der Waals surface area contributed by atoms with Gasteiger partial charge in [-0.15, -0.1) is 16.4 Å². The van der Waals surface area contributed by atoms with Crippen molar-refractivity contribution in [1.82, 2.24) is 20.5 Å². The van der Waals surface area contributed by atoms with Crippen molar-refractivity contribution >= 4 is 33.2 Å². The minimum Gasteiger partial charge on any atom is -0.344 e. The van der Waals surface area contributed by atoms with E-state index in [9.17, 15) is 4.79 Å². The number of hydrogen-bond acceptors (Lipinski definition) is 4. The molecule has 2 aromatic rings. The fraction of sp³-hybridized carbons (Fsp3) is 0.364. The number of carbonyl (C=O) groups is 1. The second-order valence-electron chi connectivity index (χ2n) is 3.77. The molecule has 2 heterocycles. The van der Waals surface area contributed by atoms with Crippen LogP contribution in [0.1, 0.15) is 34.7 Å². The molecule has 96 valence electrons. The zero-order valence-corrected chi connectivity index (χ0v) is 12.3. The molecule has 0 aromatic carbocycles. The minimum atomic E-state index is -0.252. The van der Waals surface area contributed by atoms with Crippen LogP contribution in [0.3, 0.4) is 0 Å². The Morgan fingerprint density at radius 2 is 2.44 bits per heavy atom. The third-order valence-electron chi connectivity index (χ3n) is 2.27. The first-order valence-corrected chi connectivity index (χ1v) is 7.28. The van der Waals surface area contributed by atoms with Gasteiger partial charge in [0.2, 0.25) is 5.82 Å². The molecule has 0 saturated heterocycles. The van der Waals surface area contributed by atoms with Gasteiger partial charge in [0, 0.05) is 21.2 Å². The van der Waals surface area contributed by atoms with E-state index >= 15 is 0 Å². The average Bonchev–Trinajstić information content (AvgIpc) is 2.96. The lowest BCUT2D eigenvalue weighted by Crippen LogP contribution is -2.23. The van der Waals surface area contributed by atoms with Gasteiger partial charge in [-0.05, 0) is 28.4 Å². The molecule has 7 heteroatoms. The number of nitrogens with one attached hydrogen (secondary N) is 2. The Hall–Kier alpha value is -1.21. The average molecular weight is 329 g/mol. The summed E-state index contributed by atoms with van der Waals surface area (Å²) in [6.45, 7) is 2.55. The summed E-state index contributed by atoms with van der Waals surface area (Å²) in [6, 6.07) is 1.98. The first kappa shape index (κ1) is 13.2. The van der Waals surface area contributed by atoms with E-state index in [1.54, 1.807) is 11.3 Å². The Balaban J connectivity index is 1.90. The van der Waals surface area contributed by atoms with Crippen molar-refractivity contribution in [3.05, 3.63) is 32.4 Å². The number of aromatic nitrogens is 3. The Bertz CT molecular complexity index is 537. The van der Waals surface area contributed by atoms with Crippen LogP contribution in [-0.2, 0) is 13.0 Å². The Morgan fingerprint density at radius 1 is 1.61 bits per heavy atom. The molecule has 2 aromatic heterocycles. The predicted octanol–water partition coefficient (Wildman–Crippen LogP) is 2.51. The number of nitrogens with zero attached hydrogens (tertiary/aromatic N) is 2. The van der Waals surface area contributed by atoms with Crippen LogP contribution in [0.25, 0.3) is 0 Å². The van der Waals surface area contributed by atoms with Gasteiger partial charge in [0.15, 0.2) is 0 Å². The van der Waals surface area contributed by atoms with Gasteiger partial charge in [0.05, 0.1) is 6.54 Å². The van der Waals surface area contributed by atoms with E-state index in [1.165, 1.54) is 0 Å². The Morgan fingerprint density at radius 3 is 3.11 bits per heavy atom. The normalized spacial score (nSPS) is 10.6. The molecule has 0 saturated carbocycles. The van der Waals surface area contributed by atoms with Gasteiger partial charge >= 0.3 is 0 Å². The van der Waals surface area contributed by atoms with E-state index in [1.807, 2.05) is 11.4 Å². The molecular formula is C11H13BrN4OS. The SMILES string of the molecule is CCCc1nc(C(=O)NCc2cc(Br)cs2)n[nH]1. The fourth-order valence-corrected chi connectivity index (χ4v) is 2.83. The summed E-state index contributed by atoms with van der Waals surface area (Å²) in [4.78, 5) is 17.0.